The summed E-state index contributed by atoms with van der Waals surface area (Å²) in [5.74, 6) is -3.03. The van der Waals surface area contributed by atoms with Gasteiger partial charge in [0, 0.05) is 6.54 Å². The lowest BCUT2D eigenvalue weighted by atomic mass is 9.81. The molecule has 9 nitrogen and oxygen atoms in total. The molecule has 10 heteroatoms. The third-order valence-electron chi connectivity index (χ3n) is 6.07. The molecular weight excluding hydrogens is 492 g/mol. The van der Waals surface area contributed by atoms with Crippen LogP contribution in [0.1, 0.15) is 52.5 Å². The number of aryl methyl sites for hydroxylation is 1. The molecule has 0 aromatic heterocycles. The molecule has 204 valence electrons. The highest BCUT2D eigenvalue weighted by Gasteiger charge is 2.37. The molecule has 0 saturated heterocycles. The number of hydroxylamine groups is 1. The van der Waals surface area contributed by atoms with Gasteiger partial charge in [-0.3, -0.25) is 20.2 Å². The van der Waals surface area contributed by atoms with Crippen LogP contribution in [0.2, 0.25) is 0 Å². The quantitative estimate of drug-likeness (QED) is 0.166. The number of carbonyl (C=O) groups excluding carboxylic acids is 2. The minimum absolute atomic E-state index is 0.0156. The molecule has 0 bridgehead atoms. The van der Waals surface area contributed by atoms with Crippen LogP contribution in [0.15, 0.2) is 59.5 Å². The number of para-hydroxylation sites is 1. The molecule has 37 heavy (non-hydrogen) atoms. The molecule has 2 atom stereocenters. The zero-order valence-electron chi connectivity index (χ0n) is 22.1. The normalized spacial score (nSPS) is 13.5. The largest absolute Gasteiger partial charge is 0.398 e. The van der Waals surface area contributed by atoms with Gasteiger partial charge in [0.05, 0.1) is 17.5 Å². The summed E-state index contributed by atoms with van der Waals surface area (Å²) in [6.45, 7) is 7.53. The van der Waals surface area contributed by atoms with Crippen LogP contribution in [0, 0.1) is 23.7 Å². The highest BCUT2D eigenvalue weighted by Crippen LogP contribution is 2.28. The van der Waals surface area contributed by atoms with Gasteiger partial charge in [0.2, 0.25) is 11.8 Å². The van der Waals surface area contributed by atoms with Gasteiger partial charge >= 0.3 is 0 Å². The van der Waals surface area contributed by atoms with E-state index in [0.29, 0.717) is 25.7 Å². The molecule has 0 aliphatic heterocycles. The summed E-state index contributed by atoms with van der Waals surface area (Å²) in [5, 5.41) is 9.44. The monoisotopic (exact) mass is 532 g/mol. The Hall–Kier alpha value is -2.95. The SMILES string of the molecule is CC(C)C[C@@H](C(=O)NN(CC(C)C)S(=O)(=O)c1ccccc1N)[C@H](CCCc1ccccc1)C(=O)NO. The van der Waals surface area contributed by atoms with E-state index in [1.807, 2.05) is 58.0 Å². The first-order valence-corrected chi connectivity index (χ1v) is 14.1. The van der Waals surface area contributed by atoms with Gasteiger partial charge in [-0.05, 0) is 55.2 Å². The summed E-state index contributed by atoms with van der Waals surface area (Å²) < 4.78 is 27.9. The number of nitrogen functional groups attached to an aromatic ring is 1. The van der Waals surface area contributed by atoms with Crippen LogP contribution in [0.4, 0.5) is 5.69 Å². The topological polar surface area (TPSA) is 142 Å². The number of amides is 2. The van der Waals surface area contributed by atoms with Crippen molar-refractivity contribution in [3.8, 4) is 0 Å². The van der Waals surface area contributed by atoms with Crippen molar-refractivity contribution in [1.29, 1.82) is 0 Å². The zero-order chi connectivity index (χ0) is 27.6. The van der Waals surface area contributed by atoms with Crippen molar-refractivity contribution in [1.82, 2.24) is 15.3 Å². The molecule has 0 fully saturated rings. The Labute approximate surface area is 220 Å². The summed E-state index contributed by atoms with van der Waals surface area (Å²) in [4.78, 5) is 26.2. The van der Waals surface area contributed by atoms with E-state index in [1.54, 1.807) is 17.6 Å². The number of hydrogen-bond donors (Lipinski definition) is 4. The van der Waals surface area contributed by atoms with E-state index in [0.717, 1.165) is 9.98 Å². The molecule has 0 spiro atoms. The maximum Gasteiger partial charge on any atom is 0.261 e. The second-order valence-electron chi connectivity index (χ2n) is 10.1. The highest BCUT2D eigenvalue weighted by molar-refractivity contribution is 7.89. The fourth-order valence-corrected chi connectivity index (χ4v) is 5.86. The molecular formula is C27H40N4O5S. The first-order chi connectivity index (χ1) is 17.5. The highest BCUT2D eigenvalue weighted by atomic mass is 32.2. The molecule has 2 rings (SSSR count). The summed E-state index contributed by atoms with van der Waals surface area (Å²) >= 11 is 0. The number of hydrazine groups is 1. The van der Waals surface area contributed by atoms with Crippen molar-refractivity contribution in [2.24, 2.45) is 23.7 Å². The number of rotatable bonds is 14. The number of anilines is 1. The Kier molecular flexibility index (Phi) is 11.5. The molecule has 0 unspecified atom stereocenters. The second kappa shape index (κ2) is 14.1. The molecule has 0 radical (unpaired) electrons. The number of hydrogen-bond acceptors (Lipinski definition) is 6. The van der Waals surface area contributed by atoms with Gasteiger partial charge in [-0.25, -0.2) is 13.9 Å². The Bertz CT molecular complexity index is 1120. The van der Waals surface area contributed by atoms with Crippen molar-refractivity contribution in [2.75, 3.05) is 12.3 Å². The first-order valence-electron chi connectivity index (χ1n) is 12.6. The minimum Gasteiger partial charge on any atom is -0.398 e. The van der Waals surface area contributed by atoms with Gasteiger partial charge in [0.25, 0.3) is 10.0 Å². The van der Waals surface area contributed by atoms with E-state index in [1.165, 1.54) is 12.1 Å². The lowest BCUT2D eigenvalue weighted by molar-refractivity contribution is -0.142. The van der Waals surface area contributed by atoms with E-state index in [9.17, 15) is 23.2 Å². The number of nitrogens with one attached hydrogen (secondary N) is 2. The molecule has 0 saturated carbocycles. The number of benzene rings is 2. The third kappa shape index (κ3) is 8.84. The Morgan fingerprint density at radius 1 is 0.919 bits per heavy atom. The maximum atomic E-state index is 13.6. The van der Waals surface area contributed by atoms with E-state index in [2.05, 4.69) is 5.43 Å². The van der Waals surface area contributed by atoms with E-state index in [-0.39, 0.29) is 29.0 Å². The third-order valence-corrected chi connectivity index (χ3v) is 7.82. The standard InChI is InChI=1S/C27H40N4O5S/c1-19(2)17-23(22(27(33)30-34)14-10-13-21-11-6-5-7-12-21)26(32)29-31(18-20(3)4)37(35,36)25-16-9-8-15-24(25)28/h5-9,11-12,15-16,19-20,22-23,34H,10,13-14,17-18,28H2,1-4H3,(H,29,32)(H,30,33)/t22-,23+/m0/s1. The van der Waals surface area contributed by atoms with Crippen LogP contribution in [-0.2, 0) is 26.0 Å². The van der Waals surface area contributed by atoms with Gasteiger partial charge < -0.3 is 5.73 Å². The van der Waals surface area contributed by atoms with Gasteiger partial charge in [0.1, 0.15) is 4.90 Å². The Morgan fingerprint density at radius 2 is 1.54 bits per heavy atom. The van der Waals surface area contributed by atoms with Crippen molar-refractivity contribution in [3.05, 3.63) is 60.2 Å². The summed E-state index contributed by atoms with van der Waals surface area (Å²) in [6.07, 6.45) is 1.98. The fraction of sp³-hybridized carbons (Fsp3) is 0.481. The van der Waals surface area contributed by atoms with Gasteiger partial charge in [-0.2, -0.15) is 0 Å². The lowest BCUT2D eigenvalue weighted by Gasteiger charge is -2.30. The number of nitrogens with two attached hydrogens (primary N) is 1. The summed E-state index contributed by atoms with van der Waals surface area (Å²) in [6, 6.07) is 15.8. The van der Waals surface area contributed by atoms with Crippen LogP contribution >= 0.6 is 0 Å². The van der Waals surface area contributed by atoms with Crippen LogP contribution < -0.4 is 16.6 Å². The van der Waals surface area contributed by atoms with Crippen LogP contribution in [0.3, 0.4) is 0 Å². The van der Waals surface area contributed by atoms with Crippen LogP contribution in [0.25, 0.3) is 0 Å². The molecule has 2 amide bonds. The summed E-state index contributed by atoms with van der Waals surface area (Å²) in [5.41, 5.74) is 11.4. The molecule has 0 aliphatic rings. The van der Waals surface area contributed by atoms with Gasteiger partial charge in [0.15, 0.2) is 0 Å². The fourth-order valence-electron chi connectivity index (χ4n) is 4.31. The van der Waals surface area contributed by atoms with Crippen LogP contribution in [0.5, 0.6) is 0 Å². The summed E-state index contributed by atoms with van der Waals surface area (Å²) in [7, 11) is -4.16. The van der Waals surface area contributed by atoms with Gasteiger partial charge in [-0.15, -0.1) is 4.41 Å². The molecule has 0 heterocycles. The van der Waals surface area contributed by atoms with Crippen molar-refractivity contribution < 1.29 is 23.2 Å². The predicted octanol–water partition coefficient (Wildman–Crippen LogP) is 3.75. The van der Waals surface area contributed by atoms with E-state index in [4.69, 9.17) is 5.73 Å². The second-order valence-corrected chi connectivity index (χ2v) is 12.0. The maximum absolute atomic E-state index is 13.6. The van der Waals surface area contributed by atoms with Crippen molar-refractivity contribution in [3.63, 3.8) is 0 Å². The van der Waals surface area contributed by atoms with E-state index < -0.39 is 33.7 Å². The van der Waals surface area contributed by atoms with Crippen molar-refractivity contribution in [2.45, 2.75) is 58.3 Å². The van der Waals surface area contributed by atoms with E-state index >= 15 is 0 Å². The average molecular weight is 533 g/mol. The van der Waals surface area contributed by atoms with Crippen molar-refractivity contribution >= 4 is 27.5 Å². The number of carbonyl (C=O) groups is 2. The average Bonchev–Trinajstić information content (AvgIpc) is 2.85. The lowest BCUT2D eigenvalue weighted by Crippen LogP contribution is -2.52. The minimum atomic E-state index is -4.16. The molecule has 2 aromatic rings. The molecule has 5 N–H and O–H groups in total. The number of sulfonamides is 1. The molecule has 0 aliphatic carbocycles. The zero-order valence-corrected chi connectivity index (χ0v) is 22.9. The number of nitrogens with zero attached hydrogens (tertiary/aromatic N) is 1. The van der Waals surface area contributed by atoms with Gasteiger partial charge in [-0.1, -0.05) is 70.2 Å². The molecule has 2 aromatic carbocycles. The Balaban J connectivity index is 2.33. The van der Waals surface area contributed by atoms with Crippen LogP contribution in [-0.4, -0.2) is 36.4 Å². The predicted molar refractivity (Wildman–Crippen MR) is 143 cm³/mol. The Morgan fingerprint density at radius 3 is 2.11 bits per heavy atom. The smallest absolute Gasteiger partial charge is 0.261 e. The first kappa shape index (κ1) is 30.3.